The molecule has 4 heteroatoms. The number of hydrogen-bond acceptors (Lipinski definition) is 2. The normalized spacial score (nSPS) is 13.6. The number of carbonyl (C=O) groups excluding carboxylic acids is 1. The molecule has 1 amide bonds. The lowest BCUT2D eigenvalue weighted by Gasteiger charge is -2.23. The van der Waals surface area contributed by atoms with Crippen molar-refractivity contribution < 1.29 is 13.9 Å². The Labute approximate surface area is 142 Å². The van der Waals surface area contributed by atoms with Crippen LogP contribution in [0.15, 0.2) is 42.5 Å². The summed E-state index contributed by atoms with van der Waals surface area (Å²) in [6.07, 6.45) is 2.54. The molecule has 3 nitrogen and oxygen atoms in total. The van der Waals surface area contributed by atoms with Crippen molar-refractivity contribution in [3.63, 3.8) is 0 Å². The van der Waals surface area contributed by atoms with Gasteiger partial charge in [-0.25, -0.2) is 4.39 Å². The Hall–Kier alpha value is -2.36. The second-order valence-electron chi connectivity index (χ2n) is 6.46. The predicted molar refractivity (Wildman–Crippen MR) is 92.9 cm³/mol. The van der Waals surface area contributed by atoms with Crippen LogP contribution in [0.3, 0.4) is 0 Å². The van der Waals surface area contributed by atoms with Gasteiger partial charge in [0.15, 0.2) is 0 Å². The van der Waals surface area contributed by atoms with Crippen molar-refractivity contribution in [2.45, 2.75) is 26.2 Å². The van der Waals surface area contributed by atoms with Gasteiger partial charge in [-0.15, -0.1) is 0 Å². The van der Waals surface area contributed by atoms with E-state index in [0.29, 0.717) is 11.5 Å². The summed E-state index contributed by atoms with van der Waals surface area (Å²) in [5.74, 6) is 1.04. The van der Waals surface area contributed by atoms with Gasteiger partial charge in [0, 0.05) is 12.2 Å². The summed E-state index contributed by atoms with van der Waals surface area (Å²) in [5, 5.41) is 0. The Bertz CT molecular complexity index is 703. The highest BCUT2D eigenvalue weighted by molar-refractivity contribution is 5.94. The Kier molecular flexibility index (Phi) is 4.84. The lowest BCUT2D eigenvalue weighted by molar-refractivity contribution is -0.118. The van der Waals surface area contributed by atoms with Crippen molar-refractivity contribution in [3.05, 3.63) is 59.4 Å². The molecule has 0 atom stereocenters. The molecular weight excluding hydrogens is 305 g/mol. The summed E-state index contributed by atoms with van der Waals surface area (Å²) in [5.41, 5.74) is 2.41. The number of carbonyl (C=O) groups is 1. The van der Waals surface area contributed by atoms with E-state index >= 15 is 0 Å². The van der Waals surface area contributed by atoms with Crippen molar-refractivity contribution in [3.8, 4) is 5.75 Å². The third kappa shape index (κ3) is 4.13. The van der Waals surface area contributed by atoms with E-state index < -0.39 is 0 Å². The second kappa shape index (κ2) is 7.04. The Morgan fingerprint density at radius 1 is 1.21 bits per heavy atom. The fourth-order valence-corrected chi connectivity index (χ4v) is 2.86. The minimum atomic E-state index is -0.295. The summed E-state index contributed by atoms with van der Waals surface area (Å²) in [6, 6.07) is 12.3. The van der Waals surface area contributed by atoms with Gasteiger partial charge < -0.3 is 9.64 Å². The average Bonchev–Trinajstić information content (AvgIpc) is 3.36. The van der Waals surface area contributed by atoms with Gasteiger partial charge in [0.25, 0.3) is 0 Å². The molecule has 1 fully saturated rings. The van der Waals surface area contributed by atoms with Gasteiger partial charge in [0.05, 0.1) is 13.5 Å². The number of hydrogen-bond donors (Lipinski definition) is 0. The van der Waals surface area contributed by atoms with Gasteiger partial charge in [-0.1, -0.05) is 6.07 Å². The summed E-state index contributed by atoms with van der Waals surface area (Å²) < 4.78 is 18.7. The quantitative estimate of drug-likeness (QED) is 0.798. The SMILES string of the molecule is COc1ccc(N(CC2CC2)C(=O)Cc2cc(C)cc(F)c2)cc1. The third-order valence-electron chi connectivity index (χ3n) is 4.28. The first-order valence-electron chi connectivity index (χ1n) is 8.25. The van der Waals surface area contributed by atoms with Gasteiger partial charge >= 0.3 is 0 Å². The molecule has 2 aromatic carbocycles. The largest absolute Gasteiger partial charge is 0.497 e. The van der Waals surface area contributed by atoms with Gasteiger partial charge in [-0.05, 0) is 73.2 Å². The van der Waals surface area contributed by atoms with Crippen molar-refractivity contribution in [2.75, 3.05) is 18.6 Å². The third-order valence-corrected chi connectivity index (χ3v) is 4.28. The highest BCUT2D eigenvalue weighted by atomic mass is 19.1. The number of aryl methyl sites for hydroxylation is 1. The lowest BCUT2D eigenvalue weighted by Crippen LogP contribution is -2.34. The number of methoxy groups -OCH3 is 1. The maximum absolute atomic E-state index is 13.6. The predicted octanol–water partition coefficient (Wildman–Crippen LogP) is 4.13. The van der Waals surface area contributed by atoms with Crippen LogP contribution in [0, 0.1) is 18.7 Å². The zero-order valence-corrected chi connectivity index (χ0v) is 14.1. The van der Waals surface area contributed by atoms with E-state index in [-0.39, 0.29) is 18.1 Å². The maximum atomic E-state index is 13.6. The molecule has 1 saturated carbocycles. The monoisotopic (exact) mass is 327 g/mol. The number of ether oxygens (including phenoxy) is 1. The van der Waals surface area contributed by atoms with Crippen LogP contribution in [-0.4, -0.2) is 19.6 Å². The van der Waals surface area contributed by atoms with Crippen LogP contribution in [0.2, 0.25) is 0 Å². The van der Waals surface area contributed by atoms with E-state index in [2.05, 4.69) is 0 Å². The zero-order valence-electron chi connectivity index (χ0n) is 14.1. The van der Waals surface area contributed by atoms with Crippen LogP contribution in [0.5, 0.6) is 5.75 Å². The molecule has 1 aliphatic rings. The minimum Gasteiger partial charge on any atom is -0.497 e. The first-order valence-corrected chi connectivity index (χ1v) is 8.25. The van der Waals surface area contributed by atoms with E-state index in [1.807, 2.05) is 42.2 Å². The number of rotatable bonds is 6. The Balaban J connectivity index is 1.80. The summed E-state index contributed by atoms with van der Waals surface area (Å²) in [4.78, 5) is 14.6. The standard InChI is InChI=1S/C20H22FNO2/c1-14-9-16(11-17(21)10-14)12-20(23)22(13-15-3-4-15)18-5-7-19(24-2)8-6-18/h5-11,15H,3-4,12-13H2,1-2H3. The van der Waals surface area contributed by atoms with Crippen molar-refractivity contribution in [1.82, 2.24) is 0 Å². The fourth-order valence-electron chi connectivity index (χ4n) is 2.86. The molecule has 0 N–H and O–H groups in total. The molecule has 0 saturated heterocycles. The number of nitrogens with zero attached hydrogens (tertiary/aromatic N) is 1. The smallest absolute Gasteiger partial charge is 0.231 e. The molecular formula is C20H22FNO2. The Morgan fingerprint density at radius 2 is 1.92 bits per heavy atom. The molecule has 0 aromatic heterocycles. The summed E-state index contributed by atoms with van der Waals surface area (Å²) >= 11 is 0. The van der Waals surface area contributed by atoms with Crippen LogP contribution in [0.1, 0.15) is 24.0 Å². The van der Waals surface area contributed by atoms with Gasteiger partial charge in [-0.2, -0.15) is 0 Å². The van der Waals surface area contributed by atoms with Crippen LogP contribution >= 0.6 is 0 Å². The average molecular weight is 327 g/mol. The molecule has 1 aliphatic carbocycles. The first kappa shape index (κ1) is 16.5. The number of halogens is 1. The van der Waals surface area contributed by atoms with E-state index in [4.69, 9.17) is 4.74 Å². The molecule has 0 unspecified atom stereocenters. The van der Waals surface area contributed by atoms with Crippen molar-refractivity contribution in [1.29, 1.82) is 0 Å². The number of amides is 1. The van der Waals surface area contributed by atoms with E-state index in [1.54, 1.807) is 7.11 Å². The first-order chi connectivity index (χ1) is 11.5. The fraction of sp³-hybridized carbons (Fsp3) is 0.350. The van der Waals surface area contributed by atoms with Crippen LogP contribution < -0.4 is 9.64 Å². The van der Waals surface area contributed by atoms with Crippen molar-refractivity contribution in [2.24, 2.45) is 5.92 Å². The maximum Gasteiger partial charge on any atom is 0.231 e. The van der Waals surface area contributed by atoms with Gasteiger partial charge in [-0.3, -0.25) is 4.79 Å². The van der Waals surface area contributed by atoms with E-state index in [0.717, 1.165) is 23.5 Å². The highest BCUT2D eigenvalue weighted by Gasteiger charge is 2.27. The molecule has 0 heterocycles. The molecule has 0 radical (unpaired) electrons. The Morgan fingerprint density at radius 3 is 2.50 bits per heavy atom. The second-order valence-corrected chi connectivity index (χ2v) is 6.46. The number of anilines is 1. The van der Waals surface area contributed by atoms with Crippen LogP contribution in [-0.2, 0) is 11.2 Å². The van der Waals surface area contributed by atoms with E-state index in [1.165, 1.54) is 25.0 Å². The molecule has 126 valence electrons. The van der Waals surface area contributed by atoms with E-state index in [9.17, 15) is 9.18 Å². The molecule has 3 rings (SSSR count). The molecule has 0 spiro atoms. The summed E-state index contributed by atoms with van der Waals surface area (Å²) in [7, 11) is 1.62. The van der Waals surface area contributed by atoms with Crippen LogP contribution in [0.4, 0.5) is 10.1 Å². The molecule has 0 aliphatic heterocycles. The minimum absolute atomic E-state index is 0.00272. The lowest BCUT2D eigenvalue weighted by atomic mass is 10.1. The van der Waals surface area contributed by atoms with Gasteiger partial charge in [0.2, 0.25) is 5.91 Å². The van der Waals surface area contributed by atoms with Crippen LogP contribution in [0.25, 0.3) is 0 Å². The topological polar surface area (TPSA) is 29.5 Å². The molecule has 0 bridgehead atoms. The zero-order chi connectivity index (χ0) is 17.1. The number of benzene rings is 2. The molecule has 24 heavy (non-hydrogen) atoms. The van der Waals surface area contributed by atoms with Gasteiger partial charge in [0.1, 0.15) is 11.6 Å². The highest BCUT2D eigenvalue weighted by Crippen LogP contribution is 2.32. The van der Waals surface area contributed by atoms with Crippen molar-refractivity contribution >= 4 is 11.6 Å². The molecule has 2 aromatic rings. The summed E-state index contributed by atoms with van der Waals surface area (Å²) in [6.45, 7) is 2.56.